The number of benzene rings is 2. The zero-order valence-corrected chi connectivity index (χ0v) is 14.9. The molecule has 1 atom stereocenters. The third-order valence-corrected chi connectivity index (χ3v) is 4.27. The van der Waals surface area contributed by atoms with Crippen LogP contribution in [0.1, 0.15) is 39.2 Å². The number of nitrogens with two attached hydrogens (primary N) is 2. The number of unbranched alkanes of at least 4 members (excludes halogenated alkanes) is 1. The third kappa shape index (κ3) is 6.32. The fourth-order valence-corrected chi connectivity index (χ4v) is 2.76. The van der Waals surface area contributed by atoms with Gasteiger partial charge < -0.3 is 16.1 Å². The molecule has 0 saturated carbocycles. The van der Waals surface area contributed by atoms with Crippen LogP contribution in [-0.2, 0) is 15.9 Å². The van der Waals surface area contributed by atoms with E-state index in [1.54, 1.807) is 0 Å². The molecule has 0 spiro atoms. The molecule has 0 amide bonds. The minimum absolute atomic E-state index is 0. The van der Waals surface area contributed by atoms with E-state index in [2.05, 4.69) is 19.1 Å². The number of hydrogen-bond acceptors (Lipinski definition) is 4. The van der Waals surface area contributed by atoms with E-state index in [0.717, 1.165) is 30.2 Å². The van der Waals surface area contributed by atoms with Gasteiger partial charge in [0, 0.05) is 0 Å². The molecule has 4 nitrogen and oxygen atoms in total. The van der Waals surface area contributed by atoms with Crippen LogP contribution < -0.4 is 22.4 Å². The monoisotopic (exact) mass is 354 g/mol. The summed E-state index contributed by atoms with van der Waals surface area (Å²) < 4.78 is 5.82. The first-order chi connectivity index (χ1) is 12.2. The van der Waals surface area contributed by atoms with Crippen LogP contribution in [0.4, 0.5) is 0 Å². The van der Waals surface area contributed by atoms with E-state index in [-0.39, 0.29) is 13.4 Å². The van der Waals surface area contributed by atoms with Gasteiger partial charge in [-0.25, -0.2) is 0 Å². The minimum Gasteiger partial charge on any atom is -0.525 e. The van der Waals surface area contributed by atoms with Crippen molar-refractivity contribution in [3.63, 3.8) is 0 Å². The topological polar surface area (TPSA) is 78.3 Å². The van der Waals surface area contributed by atoms with Crippen molar-refractivity contribution in [2.24, 2.45) is 11.5 Å². The summed E-state index contributed by atoms with van der Waals surface area (Å²) in [6.07, 6.45) is 3.21. The lowest BCUT2D eigenvalue weighted by atomic mass is 9.55. The molecule has 0 aliphatic carbocycles. The van der Waals surface area contributed by atoms with Crippen molar-refractivity contribution in [2.45, 2.75) is 46.1 Å². The van der Waals surface area contributed by atoms with E-state index < -0.39 is 13.0 Å². The van der Waals surface area contributed by atoms with Crippen molar-refractivity contribution >= 4 is 23.8 Å². The molecule has 140 valence electrons. The number of aryl methyl sites for hydroxylation is 1. The van der Waals surface area contributed by atoms with Crippen molar-refractivity contribution in [1.82, 2.24) is 0 Å². The molecule has 5 heteroatoms. The largest absolute Gasteiger partial charge is 0.525 e. The van der Waals surface area contributed by atoms with E-state index in [1.165, 1.54) is 5.56 Å². The van der Waals surface area contributed by atoms with Crippen molar-refractivity contribution in [2.75, 3.05) is 6.54 Å². The zero-order valence-electron chi connectivity index (χ0n) is 14.9. The molecule has 1 unspecified atom stereocenters. The average Bonchev–Trinajstić information content (AvgIpc) is 2.66. The van der Waals surface area contributed by atoms with Crippen molar-refractivity contribution < 1.29 is 9.45 Å². The van der Waals surface area contributed by atoms with Crippen molar-refractivity contribution in [3.8, 4) is 0 Å². The average molecular weight is 354 g/mol. The van der Waals surface area contributed by atoms with Gasteiger partial charge in [-0.2, -0.15) is 0 Å². The fraction of sp³-hybridized carbons (Fsp3) is 0.381. The first-order valence-electron chi connectivity index (χ1n) is 8.95. The van der Waals surface area contributed by atoms with Gasteiger partial charge >= 0.3 is 12.9 Å². The summed E-state index contributed by atoms with van der Waals surface area (Å²) in [4.78, 5) is 12.5. The van der Waals surface area contributed by atoms with Crippen LogP contribution in [0.3, 0.4) is 0 Å². The van der Waals surface area contributed by atoms with Gasteiger partial charge in [-0.05, 0) is 42.3 Å². The molecule has 2 aromatic rings. The van der Waals surface area contributed by atoms with Gasteiger partial charge in [-0.3, -0.25) is 4.79 Å². The lowest BCUT2D eigenvalue weighted by Gasteiger charge is -2.19. The SMILES string of the molecule is C.CCc1cccc(B(OC(=O)C(N)CCCCN)c2ccccc2)c1. The van der Waals surface area contributed by atoms with Crippen LogP contribution in [0.5, 0.6) is 0 Å². The zero-order chi connectivity index (χ0) is 18.1. The minimum atomic E-state index is -0.618. The normalized spacial score (nSPS) is 11.3. The standard InChI is InChI=1S/C20H27BN2O2.CH4/c1-2-16-9-8-12-18(15-16)21(17-10-4-3-5-11-17)25-20(24)19(23)13-6-7-14-22;/h3-5,8-12,15,19H,2,6-7,13-14,22-23H2,1H3;1H4. The van der Waals surface area contributed by atoms with Gasteiger partial charge in [0.2, 0.25) is 0 Å². The van der Waals surface area contributed by atoms with Crippen LogP contribution in [0.2, 0.25) is 0 Å². The first kappa shape index (κ1) is 21.9. The summed E-state index contributed by atoms with van der Waals surface area (Å²) in [7, 11) is 0. The molecule has 26 heavy (non-hydrogen) atoms. The van der Waals surface area contributed by atoms with Crippen LogP contribution in [0.15, 0.2) is 54.6 Å². The molecular weight excluding hydrogens is 323 g/mol. The number of carbonyl (C=O) groups excluding carboxylic acids is 1. The summed E-state index contributed by atoms with van der Waals surface area (Å²) in [5.41, 5.74) is 14.6. The first-order valence-corrected chi connectivity index (χ1v) is 8.95. The van der Waals surface area contributed by atoms with E-state index in [0.29, 0.717) is 13.0 Å². The highest BCUT2D eigenvalue weighted by Gasteiger charge is 2.28. The lowest BCUT2D eigenvalue weighted by Crippen LogP contribution is -2.49. The highest BCUT2D eigenvalue weighted by molar-refractivity contribution is 6.81. The van der Waals surface area contributed by atoms with Crippen molar-refractivity contribution in [3.05, 3.63) is 60.2 Å². The Labute approximate surface area is 158 Å². The van der Waals surface area contributed by atoms with Gasteiger partial charge in [0.25, 0.3) is 0 Å². The number of hydrogen-bond donors (Lipinski definition) is 2. The van der Waals surface area contributed by atoms with E-state index in [1.807, 2.05) is 42.5 Å². The Morgan fingerprint density at radius 2 is 1.77 bits per heavy atom. The maximum Gasteiger partial charge on any atom is 0.429 e. The van der Waals surface area contributed by atoms with E-state index >= 15 is 0 Å². The maximum absolute atomic E-state index is 12.5. The third-order valence-electron chi connectivity index (χ3n) is 4.27. The quantitative estimate of drug-likeness (QED) is 0.533. The Kier molecular flexibility index (Phi) is 9.70. The molecule has 0 heterocycles. The smallest absolute Gasteiger partial charge is 0.429 e. The predicted molar refractivity (Wildman–Crippen MR) is 111 cm³/mol. The van der Waals surface area contributed by atoms with Gasteiger partial charge in [0.15, 0.2) is 0 Å². The fourth-order valence-electron chi connectivity index (χ4n) is 2.76. The summed E-state index contributed by atoms with van der Waals surface area (Å²) >= 11 is 0. The highest BCUT2D eigenvalue weighted by Crippen LogP contribution is 2.04. The maximum atomic E-state index is 12.5. The van der Waals surface area contributed by atoms with Gasteiger partial charge in [-0.15, -0.1) is 0 Å². The molecule has 0 aliphatic rings. The molecule has 0 saturated heterocycles. The highest BCUT2D eigenvalue weighted by atomic mass is 16.5. The molecule has 0 bridgehead atoms. The molecule has 0 aromatic heterocycles. The lowest BCUT2D eigenvalue weighted by molar-refractivity contribution is -0.136. The Bertz CT molecular complexity index is 664. The second kappa shape index (κ2) is 11.5. The molecule has 2 rings (SSSR count). The van der Waals surface area contributed by atoms with Crippen molar-refractivity contribution in [1.29, 1.82) is 0 Å². The van der Waals surface area contributed by atoms with Crippen LogP contribution in [0, 0.1) is 0 Å². The summed E-state index contributed by atoms with van der Waals surface area (Å²) in [5.74, 6) is -0.368. The second-order valence-corrected chi connectivity index (χ2v) is 6.22. The Balaban J connectivity index is 0.00000338. The Morgan fingerprint density at radius 3 is 2.42 bits per heavy atom. The van der Waals surface area contributed by atoms with Gasteiger partial charge in [0.05, 0.1) is 0 Å². The molecule has 4 N–H and O–H groups in total. The van der Waals surface area contributed by atoms with Gasteiger partial charge in [-0.1, -0.05) is 75.4 Å². The number of rotatable bonds is 9. The molecular formula is C21H31BN2O2. The molecule has 0 radical (unpaired) electrons. The summed E-state index contributed by atoms with van der Waals surface area (Å²) in [5, 5.41) is 0. The van der Waals surface area contributed by atoms with Gasteiger partial charge in [0.1, 0.15) is 6.04 Å². The van der Waals surface area contributed by atoms with E-state index in [4.69, 9.17) is 16.1 Å². The molecule has 0 fully saturated rings. The Morgan fingerprint density at radius 1 is 1.08 bits per heavy atom. The van der Waals surface area contributed by atoms with Crippen LogP contribution >= 0.6 is 0 Å². The van der Waals surface area contributed by atoms with Crippen LogP contribution in [-0.4, -0.2) is 25.5 Å². The van der Waals surface area contributed by atoms with E-state index in [9.17, 15) is 4.79 Å². The summed E-state index contributed by atoms with van der Waals surface area (Å²) in [6, 6.07) is 17.3. The van der Waals surface area contributed by atoms with Crippen LogP contribution in [0.25, 0.3) is 0 Å². The summed E-state index contributed by atoms with van der Waals surface area (Å²) in [6.45, 7) is 2.27. The number of carbonyl (C=O) groups is 1. The Hall–Kier alpha value is -2.11. The molecule has 0 aliphatic heterocycles. The predicted octanol–water partition coefficient (Wildman–Crippen LogP) is 1.99. The second-order valence-electron chi connectivity index (χ2n) is 6.22. The molecule has 2 aromatic carbocycles.